The van der Waals surface area contributed by atoms with Crippen LogP contribution in [0.5, 0.6) is 11.5 Å². The number of hydrogen-bond acceptors (Lipinski definition) is 5. The first kappa shape index (κ1) is 26.6. The number of carbonyl (C=O) groups excluding carboxylic acids is 2. The lowest BCUT2D eigenvalue weighted by atomic mass is 10.0. The minimum absolute atomic E-state index is 0.107. The Morgan fingerprint density at radius 2 is 1.33 bits per heavy atom. The number of hydrogen-bond donors (Lipinski definition) is 1. The third-order valence-electron chi connectivity index (χ3n) is 5.56. The fourth-order valence-corrected chi connectivity index (χ4v) is 3.52. The van der Waals surface area contributed by atoms with Crippen LogP contribution in [0.15, 0.2) is 48.5 Å². The van der Waals surface area contributed by atoms with Gasteiger partial charge < -0.3 is 14.6 Å². The van der Waals surface area contributed by atoms with Gasteiger partial charge in [0.2, 0.25) is 0 Å². The van der Waals surface area contributed by atoms with Crippen LogP contribution in [0, 0.1) is 0 Å². The van der Waals surface area contributed by atoms with E-state index in [2.05, 4.69) is 13.8 Å². The van der Waals surface area contributed by atoms with E-state index in [1.807, 2.05) is 0 Å². The van der Waals surface area contributed by atoms with E-state index in [0.29, 0.717) is 29.9 Å². The summed E-state index contributed by atoms with van der Waals surface area (Å²) in [7, 11) is 0. The number of aliphatic hydroxyl groups excluding tert-OH is 1. The van der Waals surface area contributed by atoms with Gasteiger partial charge >= 0.3 is 5.97 Å². The van der Waals surface area contributed by atoms with Crippen molar-refractivity contribution < 1.29 is 24.2 Å². The van der Waals surface area contributed by atoms with E-state index >= 15 is 0 Å². The molecule has 0 bridgehead atoms. The molecule has 5 nitrogen and oxygen atoms in total. The van der Waals surface area contributed by atoms with Gasteiger partial charge in [0, 0.05) is 12.0 Å². The van der Waals surface area contributed by atoms with Crippen molar-refractivity contribution in [3.63, 3.8) is 0 Å². The maximum atomic E-state index is 12.4. The molecule has 0 saturated carbocycles. The van der Waals surface area contributed by atoms with Crippen LogP contribution in [-0.4, -0.2) is 29.6 Å². The number of rotatable bonds is 16. The zero-order chi connectivity index (χ0) is 23.9. The van der Waals surface area contributed by atoms with E-state index in [1.54, 1.807) is 48.5 Å². The zero-order valence-corrected chi connectivity index (χ0v) is 20.1. The first-order valence-electron chi connectivity index (χ1n) is 12.3. The van der Waals surface area contributed by atoms with Crippen LogP contribution in [0.1, 0.15) is 98.8 Å². The second-order valence-corrected chi connectivity index (χ2v) is 8.48. The summed E-state index contributed by atoms with van der Waals surface area (Å²) in [4.78, 5) is 24.7. The average Bonchev–Trinajstić information content (AvgIpc) is 2.82. The van der Waals surface area contributed by atoms with Gasteiger partial charge in [0.25, 0.3) is 0 Å². The van der Waals surface area contributed by atoms with E-state index < -0.39 is 12.1 Å². The van der Waals surface area contributed by atoms with Gasteiger partial charge in [-0.2, -0.15) is 0 Å². The van der Waals surface area contributed by atoms with Crippen molar-refractivity contribution in [2.45, 2.75) is 84.2 Å². The summed E-state index contributed by atoms with van der Waals surface area (Å²) in [6.45, 7) is 4.98. The van der Waals surface area contributed by atoms with Crippen molar-refractivity contribution in [3.05, 3.63) is 59.7 Å². The van der Waals surface area contributed by atoms with Crippen LogP contribution < -0.4 is 9.47 Å². The summed E-state index contributed by atoms with van der Waals surface area (Å²) in [5.41, 5.74) is 0.932. The number of unbranched alkanes of at least 4 members (excludes halogenated alkanes) is 6. The highest BCUT2D eigenvalue weighted by molar-refractivity contribution is 5.96. The Labute approximate surface area is 198 Å². The molecule has 0 spiro atoms. The van der Waals surface area contributed by atoms with Crippen LogP contribution in [0.2, 0.25) is 0 Å². The number of benzene rings is 2. The summed E-state index contributed by atoms with van der Waals surface area (Å²) in [6, 6.07) is 13.4. The van der Waals surface area contributed by atoms with Crippen molar-refractivity contribution in [2.75, 3.05) is 6.61 Å². The molecule has 1 atom stereocenters. The molecule has 0 aliphatic carbocycles. The van der Waals surface area contributed by atoms with Gasteiger partial charge in [-0.15, -0.1) is 0 Å². The van der Waals surface area contributed by atoms with E-state index in [9.17, 15) is 14.7 Å². The Hall–Kier alpha value is -2.66. The van der Waals surface area contributed by atoms with Gasteiger partial charge in [-0.1, -0.05) is 58.8 Å². The Morgan fingerprint density at radius 1 is 0.758 bits per heavy atom. The summed E-state index contributed by atoms with van der Waals surface area (Å²) in [5.74, 6) is 0.526. The summed E-state index contributed by atoms with van der Waals surface area (Å²) in [5, 5.41) is 10.0. The standard InChI is InChI=1S/C28H38O5/c1-3-5-7-8-10-20-32-25-16-14-23(15-17-25)28(31)33-26-18-12-22(13-19-26)27(30)21-24(29)11-9-6-4-2/h12-19,24,29H,3-11,20-21H2,1-2H3. The lowest BCUT2D eigenvalue weighted by molar-refractivity contribution is 0.0734. The highest BCUT2D eigenvalue weighted by Crippen LogP contribution is 2.19. The number of esters is 1. The number of carbonyl (C=O) groups is 2. The van der Waals surface area contributed by atoms with Crippen LogP contribution >= 0.6 is 0 Å². The third kappa shape index (κ3) is 10.2. The molecule has 0 aromatic heterocycles. The Balaban J connectivity index is 1.78. The molecule has 0 saturated heterocycles. The maximum absolute atomic E-state index is 12.4. The normalized spacial score (nSPS) is 11.7. The summed E-state index contributed by atoms with van der Waals surface area (Å²) in [6.07, 6.45) is 9.11. The van der Waals surface area contributed by atoms with Gasteiger partial charge in [0.15, 0.2) is 5.78 Å². The van der Waals surface area contributed by atoms with Crippen LogP contribution in [0.25, 0.3) is 0 Å². The zero-order valence-electron chi connectivity index (χ0n) is 20.1. The lowest BCUT2D eigenvalue weighted by Gasteiger charge is -2.10. The molecule has 2 rings (SSSR count). The molecular weight excluding hydrogens is 416 g/mol. The van der Waals surface area contributed by atoms with Crippen LogP contribution in [0.4, 0.5) is 0 Å². The van der Waals surface area contributed by atoms with Gasteiger partial charge in [-0.25, -0.2) is 4.79 Å². The second-order valence-electron chi connectivity index (χ2n) is 8.48. The topological polar surface area (TPSA) is 72.8 Å². The van der Waals surface area contributed by atoms with Crippen molar-refractivity contribution in [1.82, 2.24) is 0 Å². The third-order valence-corrected chi connectivity index (χ3v) is 5.56. The highest BCUT2D eigenvalue weighted by Gasteiger charge is 2.14. The first-order chi connectivity index (χ1) is 16.0. The van der Waals surface area contributed by atoms with Gasteiger partial charge in [0.05, 0.1) is 18.3 Å². The lowest BCUT2D eigenvalue weighted by Crippen LogP contribution is -2.13. The quantitative estimate of drug-likeness (QED) is 0.131. The fraction of sp³-hybridized carbons (Fsp3) is 0.500. The summed E-state index contributed by atoms with van der Waals surface area (Å²) < 4.78 is 11.1. The maximum Gasteiger partial charge on any atom is 0.343 e. The first-order valence-corrected chi connectivity index (χ1v) is 12.3. The minimum atomic E-state index is -0.616. The molecule has 2 aromatic carbocycles. The monoisotopic (exact) mass is 454 g/mol. The Bertz CT molecular complexity index is 826. The molecule has 1 N–H and O–H groups in total. The SMILES string of the molecule is CCCCCCCOc1ccc(C(=O)Oc2ccc(C(=O)CC(O)CCCCC)cc2)cc1. The molecule has 0 heterocycles. The van der Waals surface area contributed by atoms with Crippen molar-refractivity contribution in [3.8, 4) is 11.5 Å². The average molecular weight is 455 g/mol. The molecule has 180 valence electrons. The molecule has 0 aliphatic heterocycles. The Morgan fingerprint density at radius 3 is 2.00 bits per heavy atom. The van der Waals surface area contributed by atoms with Crippen molar-refractivity contribution in [1.29, 1.82) is 0 Å². The molecule has 2 aromatic rings. The molecule has 5 heteroatoms. The fourth-order valence-electron chi connectivity index (χ4n) is 3.52. The number of aliphatic hydroxyl groups is 1. The van der Waals surface area contributed by atoms with E-state index in [-0.39, 0.29) is 12.2 Å². The van der Waals surface area contributed by atoms with Crippen molar-refractivity contribution >= 4 is 11.8 Å². The number of Topliss-reactive ketones (excluding diaryl/α,β-unsaturated/α-hetero) is 1. The second kappa shape index (κ2) is 15.2. The van der Waals surface area contributed by atoms with E-state index in [4.69, 9.17) is 9.47 Å². The molecule has 1 unspecified atom stereocenters. The van der Waals surface area contributed by atoms with E-state index in [1.165, 1.54) is 25.7 Å². The Kier molecular flexibility index (Phi) is 12.3. The molecule has 0 aliphatic rings. The number of ether oxygens (including phenoxy) is 2. The molecule has 33 heavy (non-hydrogen) atoms. The van der Waals surface area contributed by atoms with Gasteiger partial charge in [-0.05, 0) is 61.4 Å². The van der Waals surface area contributed by atoms with Gasteiger partial charge in [-0.3, -0.25) is 4.79 Å². The predicted octanol–water partition coefficient (Wildman–Crippen LogP) is 6.77. The van der Waals surface area contributed by atoms with Crippen molar-refractivity contribution in [2.24, 2.45) is 0 Å². The smallest absolute Gasteiger partial charge is 0.343 e. The molecule has 0 radical (unpaired) electrons. The van der Waals surface area contributed by atoms with Crippen LogP contribution in [0.3, 0.4) is 0 Å². The molecule has 0 amide bonds. The van der Waals surface area contributed by atoms with E-state index in [0.717, 1.165) is 31.4 Å². The highest BCUT2D eigenvalue weighted by atomic mass is 16.5. The minimum Gasteiger partial charge on any atom is -0.494 e. The molecule has 0 fully saturated rings. The summed E-state index contributed by atoms with van der Waals surface area (Å²) >= 11 is 0. The van der Waals surface area contributed by atoms with Crippen LogP contribution in [-0.2, 0) is 0 Å². The van der Waals surface area contributed by atoms with Gasteiger partial charge in [0.1, 0.15) is 11.5 Å². The molecular formula is C28H38O5. The number of ketones is 1. The predicted molar refractivity (Wildman–Crippen MR) is 131 cm³/mol. The largest absolute Gasteiger partial charge is 0.494 e.